The van der Waals surface area contributed by atoms with Crippen molar-refractivity contribution in [2.75, 3.05) is 0 Å². The molecule has 0 fully saturated rings. The minimum absolute atomic E-state index is 0.350. The van der Waals surface area contributed by atoms with Gasteiger partial charge in [-0.1, -0.05) is 15.9 Å². The van der Waals surface area contributed by atoms with E-state index in [0.29, 0.717) is 18.6 Å². The van der Waals surface area contributed by atoms with E-state index in [2.05, 4.69) is 33.0 Å². The number of Topliss-reactive ketones (excluding diaryl/α,β-unsaturated/α-hetero) is 1. The molecule has 0 saturated carbocycles. The van der Waals surface area contributed by atoms with Gasteiger partial charge in [-0.25, -0.2) is 0 Å². The molecule has 0 spiro atoms. The third kappa shape index (κ3) is 1.42. The second-order valence-electron chi connectivity index (χ2n) is 3.99. The van der Waals surface area contributed by atoms with Gasteiger partial charge in [0.1, 0.15) is 5.78 Å². The van der Waals surface area contributed by atoms with Gasteiger partial charge in [-0.2, -0.15) is 0 Å². The first-order chi connectivity index (χ1) is 7.24. The van der Waals surface area contributed by atoms with Gasteiger partial charge in [0.2, 0.25) is 0 Å². The molecule has 0 atom stereocenters. The predicted molar refractivity (Wildman–Crippen MR) is 63.0 cm³/mol. The molecule has 76 valence electrons. The van der Waals surface area contributed by atoms with Crippen molar-refractivity contribution in [2.45, 2.75) is 19.3 Å². The lowest BCUT2D eigenvalue weighted by Gasteiger charge is -2.09. The maximum absolute atomic E-state index is 11.4. The zero-order chi connectivity index (χ0) is 10.4. The Morgan fingerprint density at radius 1 is 1.27 bits per heavy atom. The summed E-state index contributed by atoms with van der Waals surface area (Å²) in [6, 6.07) is 6.16. The molecule has 1 aliphatic carbocycles. The van der Waals surface area contributed by atoms with Gasteiger partial charge in [0.15, 0.2) is 0 Å². The van der Waals surface area contributed by atoms with E-state index in [0.717, 1.165) is 16.4 Å². The third-order valence-electron chi connectivity index (χ3n) is 2.98. The van der Waals surface area contributed by atoms with Crippen LogP contribution in [0.2, 0.25) is 0 Å². The highest BCUT2D eigenvalue weighted by molar-refractivity contribution is 9.10. The van der Waals surface area contributed by atoms with Crippen LogP contribution in [0.4, 0.5) is 0 Å². The molecule has 0 radical (unpaired) electrons. The molecular weight excluding hydrogens is 254 g/mol. The normalized spacial score (nSPS) is 15.7. The van der Waals surface area contributed by atoms with Crippen LogP contribution in [0.3, 0.4) is 0 Å². The van der Waals surface area contributed by atoms with Gasteiger partial charge in [0, 0.05) is 33.9 Å². The monoisotopic (exact) mass is 263 g/mol. The van der Waals surface area contributed by atoms with Crippen molar-refractivity contribution in [3.8, 4) is 0 Å². The highest BCUT2D eigenvalue weighted by Crippen LogP contribution is 2.29. The van der Waals surface area contributed by atoms with Gasteiger partial charge in [0.05, 0.1) is 0 Å². The fourth-order valence-electron chi connectivity index (χ4n) is 2.24. The van der Waals surface area contributed by atoms with Gasteiger partial charge in [-0.15, -0.1) is 0 Å². The molecule has 1 aromatic heterocycles. The van der Waals surface area contributed by atoms with E-state index in [-0.39, 0.29) is 0 Å². The van der Waals surface area contributed by atoms with E-state index in [1.807, 2.05) is 6.07 Å². The van der Waals surface area contributed by atoms with Gasteiger partial charge in [0.25, 0.3) is 0 Å². The van der Waals surface area contributed by atoms with Crippen LogP contribution in [0, 0.1) is 0 Å². The number of aryl methyl sites for hydroxylation is 1. The minimum atomic E-state index is 0.350. The van der Waals surface area contributed by atoms with E-state index in [1.165, 1.54) is 16.6 Å². The Labute approximate surface area is 95.8 Å². The molecule has 2 nitrogen and oxygen atoms in total. The molecule has 0 unspecified atom stereocenters. The van der Waals surface area contributed by atoms with Crippen LogP contribution in [0.15, 0.2) is 22.7 Å². The molecule has 1 N–H and O–H groups in total. The van der Waals surface area contributed by atoms with Crippen LogP contribution in [0.25, 0.3) is 10.9 Å². The fraction of sp³-hybridized carbons (Fsp3) is 0.250. The number of rotatable bonds is 0. The lowest BCUT2D eigenvalue weighted by Crippen LogP contribution is -2.11. The van der Waals surface area contributed by atoms with E-state index < -0.39 is 0 Å². The maximum Gasteiger partial charge on any atom is 0.137 e. The average molecular weight is 264 g/mol. The maximum atomic E-state index is 11.4. The van der Waals surface area contributed by atoms with Crippen molar-refractivity contribution < 1.29 is 4.79 Å². The number of aromatic nitrogens is 1. The second kappa shape index (κ2) is 3.20. The van der Waals surface area contributed by atoms with Gasteiger partial charge in [-0.3, -0.25) is 4.79 Å². The number of benzene rings is 1. The first-order valence-electron chi connectivity index (χ1n) is 5.05. The minimum Gasteiger partial charge on any atom is -0.358 e. The van der Waals surface area contributed by atoms with Crippen LogP contribution in [-0.2, 0) is 17.6 Å². The molecule has 3 heteroatoms. The van der Waals surface area contributed by atoms with Gasteiger partial charge >= 0.3 is 0 Å². The number of carbonyl (C=O) groups is 1. The number of ketones is 1. The smallest absolute Gasteiger partial charge is 0.137 e. The molecule has 1 aliphatic rings. The number of halogens is 1. The Balaban J connectivity index is 2.30. The molecule has 0 saturated heterocycles. The molecule has 0 aliphatic heterocycles. The van der Waals surface area contributed by atoms with Crippen molar-refractivity contribution in [1.29, 1.82) is 0 Å². The first-order valence-corrected chi connectivity index (χ1v) is 5.84. The van der Waals surface area contributed by atoms with Gasteiger partial charge in [-0.05, 0) is 30.2 Å². The van der Waals surface area contributed by atoms with Crippen LogP contribution >= 0.6 is 15.9 Å². The van der Waals surface area contributed by atoms with E-state index in [1.54, 1.807) is 0 Å². The van der Waals surface area contributed by atoms with Crippen molar-refractivity contribution >= 4 is 32.6 Å². The largest absolute Gasteiger partial charge is 0.358 e. The second-order valence-corrected chi connectivity index (χ2v) is 4.90. The molecular formula is C12H10BrNO. The topological polar surface area (TPSA) is 32.9 Å². The fourth-order valence-corrected chi connectivity index (χ4v) is 2.60. The summed E-state index contributed by atoms with van der Waals surface area (Å²) in [6.07, 6.45) is 2.13. The van der Waals surface area contributed by atoms with Crippen LogP contribution in [0.1, 0.15) is 17.7 Å². The Hall–Kier alpha value is -1.09. The third-order valence-corrected chi connectivity index (χ3v) is 3.48. The number of fused-ring (bicyclic) bond motifs is 3. The molecule has 2 aromatic rings. The summed E-state index contributed by atoms with van der Waals surface area (Å²) in [7, 11) is 0. The number of H-pyrrole nitrogens is 1. The van der Waals surface area contributed by atoms with Crippen LogP contribution in [0.5, 0.6) is 0 Å². The van der Waals surface area contributed by atoms with Crippen LogP contribution < -0.4 is 0 Å². The molecule has 15 heavy (non-hydrogen) atoms. The van der Waals surface area contributed by atoms with Crippen molar-refractivity contribution in [3.63, 3.8) is 0 Å². The summed E-state index contributed by atoms with van der Waals surface area (Å²) in [5.74, 6) is 0.350. The van der Waals surface area contributed by atoms with E-state index in [4.69, 9.17) is 0 Å². The van der Waals surface area contributed by atoms with E-state index >= 15 is 0 Å². The number of nitrogens with one attached hydrogen (secondary N) is 1. The van der Waals surface area contributed by atoms with E-state index in [9.17, 15) is 4.79 Å². The Morgan fingerprint density at radius 3 is 3.00 bits per heavy atom. The van der Waals surface area contributed by atoms with Gasteiger partial charge < -0.3 is 4.98 Å². The first kappa shape index (κ1) is 9.16. The summed E-state index contributed by atoms with van der Waals surface area (Å²) >= 11 is 3.46. The quantitative estimate of drug-likeness (QED) is 0.779. The summed E-state index contributed by atoms with van der Waals surface area (Å²) in [4.78, 5) is 14.8. The van der Waals surface area contributed by atoms with Crippen molar-refractivity contribution in [2.24, 2.45) is 0 Å². The average Bonchev–Trinajstić information content (AvgIpc) is 2.56. The Bertz CT molecular complexity index is 556. The lowest BCUT2D eigenvalue weighted by molar-refractivity contribution is -0.118. The van der Waals surface area contributed by atoms with Crippen molar-refractivity contribution in [1.82, 2.24) is 4.98 Å². The Kier molecular flexibility index (Phi) is 1.96. The molecule has 0 bridgehead atoms. The molecule has 0 amide bonds. The summed E-state index contributed by atoms with van der Waals surface area (Å²) in [6.45, 7) is 0. The molecule has 1 heterocycles. The zero-order valence-electron chi connectivity index (χ0n) is 8.14. The molecule has 3 rings (SSSR count). The Morgan fingerprint density at radius 2 is 2.13 bits per heavy atom. The summed E-state index contributed by atoms with van der Waals surface area (Å²) in [5, 5.41) is 1.19. The number of hydrogen-bond donors (Lipinski definition) is 1. The standard InChI is InChI=1S/C12H10BrNO/c13-7-1-3-11-9(5-7)10-6-8(15)2-4-12(10)14-11/h1,3,5,14H,2,4,6H2. The number of hydrogen-bond acceptors (Lipinski definition) is 1. The summed E-state index contributed by atoms with van der Waals surface area (Å²) in [5.41, 5.74) is 3.57. The number of aromatic amines is 1. The van der Waals surface area contributed by atoms with Crippen LogP contribution in [-0.4, -0.2) is 10.8 Å². The number of carbonyl (C=O) groups excluding carboxylic acids is 1. The highest BCUT2D eigenvalue weighted by Gasteiger charge is 2.19. The zero-order valence-corrected chi connectivity index (χ0v) is 9.73. The SMILES string of the molecule is O=C1CCc2[nH]c3ccc(Br)cc3c2C1. The highest BCUT2D eigenvalue weighted by atomic mass is 79.9. The molecule has 1 aromatic carbocycles. The summed E-state index contributed by atoms with van der Waals surface area (Å²) < 4.78 is 1.06. The predicted octanol–water partition coefficient (Wildman–Crippen LogP) is 2.99. The van der Waals surface area contributed by atoms with Crippen molar-refractivity contribution in [3.05, 3.63) is 33.9 Å². The lowest BCUT2D eigenvalue weighted by atomic mass is 9.95.